The van der Waals surface area contributed by atoms with Crippen molar-refractivity contribution in [2.24, 2.45) is 0 Å². The minimum absolute atomic E-state index is 0.353. The average Bonchev–Trinajstić information content (AvgIpc) is 2.87. The Morgan fingerprint density at radius 1 is 0.571 bits per heavy atom. The van der Waals surface area contributed by atoms with Crippen molar-refractivity contribution in [3.63, 3.8) is 0 Å². The molecule has 0 saturated carbocycles. The molecule has 0 bridgehead atoms. The van der Waals surface area contributed by atoms with Crippen molar-refractivity contribution in [1.82, 2.24) is 0 Å². The van der Waals surface area contributed by atoms with Crippen LogP contribution in [-0.4, -0.2) is 60.1 Å². The molecule has 0 saturated heterocycles. The quantitative estimate of drug-likeness (QED) is 0.194. The first-order valence-corrected chi connectivity index (χ1v) is 14.6. The lowest BCUT2D eigenvalue weighted by atomic mass is 10.00. The van der Waals surface area contributed by atoms with Crippen LogP contribution >= 0.6 is 45.2 Å². The first kappa shape index (κ1) is 34.9. The summed E-state index contributed by atoms with van der Waals surface area (Å²) in [6.07, 6.45) is -7.75. The molecule has 0 aliphatic carbocycles. The van der Waals surface area contributed by atoms with E-state index < -0.39 is 60.1 Å². The zero-order chi connectivity index (χ0) is 31.7. The summed E-state index contributed by atoms with van der Waals surface area (Å²) in [6.45, 7) is 7.62. The number of benzene rings is 2. The maximum Gasteiger partial charge on any atom is 0.303 e. The highest BCUT2D eigenvalue weighted by atomic mass is 127. The van der Waals surface area contributed by atoms with Gasteiger partial charge in [0.1, 0.15) is 0 Å². The van der Waals surface area contributed by atoms with E-state index in [0.717, 1.165) is 38.8 Å². The topological polar surface area (TPSA) is 163 Å². The highest BCUT2D eigenvalue weighted by molar-refractivity contribution is 14.1. The zero-order valence-electron chi connectivity index (χ0n) is 23.6. The molecule has 226 valence electrons. The number of ether oxygens (including phenoxy) is 4. The Balaban J connectivity index is 2.66. The molecule has 0 aliphatic rings. The lowest BCUT2D eigenvalue weighted by Crippen LogP contribution is -2.57. The van der Waals surface area contributed by atoms with Gasteiger partial charge < -0.3 is 29.6 Å². The Bertz CT molecular complexity index is 1280. The second-order valence-corrected chi connectivity index (χ2v) is 11.5. The minimum atomic E-state index is -1.95. The third-order valence-electron chi connectivity index (χ3n) is 5.39. The van der Waals surface area contributed by atoms with Gasteiger partial charge in [0.2, 0.25) is 12.2 Å². The smallest absolute Gasteiger partial charge is 0.303 e. The molecule has 2 aromatic rings. The van der Waals surface area contributed by atoms with Gasteiger partial charge in [-0.3, -0.25) is 28.8 Å². The number of hydrogen-bond acceptors (Lipinski definition) is 10. The Morgan fingerprint density at radius 2 is 0.881 bits per heavy atom. The third-order valence-corrected chi connectivity index (χ3v) is 7.27. The molecule has 12 nitrogen and oxygen atoms in total. The predicted molar refractivity (Wildman–Crippen MR) is 167 cm³/mol. The lowest BCUT2D eigenvalue weighted by molar-refractivity contribution is -0.198. The average molecular weight is 808 g/mol. The van der Waals surface area contributed by atoms with Crippen molar-refractivity contribution < 1.29 is 47.7 Å². The van der Waals surface area contributed by atoms with E-state index in [4.69, 9.17) is 18.9 Å². The highest BCUT2D eigenvalue weighted by Crippen LogP contribution is 2.26. The molecule has 4 atom stereocenters. The highest BCUT2D eigenvalue weighted by Gasteiger charge is 2.49. The van der Waals surface area contributed by atoms with E-state index in [9.17, 15) is 28.8 Å². The number of carbonyl (C=O) groups excluding carboxylic acids is 6. The van der Waals surface area contributed by atoms with E-state index >= 15 is 0 Å². The van der Waals surface area contributed by atoms with Gasteiger partial charge in [-0.05, 0) is 94.4 Å². The minimum Gasteiger partial charge on any atom is -0.454 e. The number of nitrogens with one attached hydrogen (secondary N) is 2. The summed E-state index contributed by atoms with van der Waals surface area (Å²) in [5, 5.41) is 5.23. The van der Waals surface area contributed by atoms with Crippen molar-refractivity contribution in [1.29, 1.82) is 0 Å². The van der Waals surface area contributed by atoms with E-state index in [0.29, 0.717) is 18.5 Å². The molecule has 0 aromatic heterocycles. The van der Waals surface area contributed by atoms with Gasteiger partial charge in [-0.2, -0.15) is 0 Å². The summed E-state index contributed by atoms with van der Waals surface area (Å²) in [5.41, 5.74) is 2.32. The van der Waals surface area contributed by atoms with Crippen molar-refractivity contribution in [3.05, 3.63) is 54.7 Å². The third kappa shape index (κ3) is 10.5. The summed E-state index contributed by atoms with van der Waals surface area (Å²) in [6, 6.07) is 10.4. The molecular formula is C28H30I2N2O10. The van der Waals surface area contributed by atoms with E-state index in [1.807, 2.05) is 57.3 Å². The van der Waals surface area contributed by atoms with Crippen LogP contribution in [0.3, 0.4) is 0 Å². The molecular weight excluding hydrogens is 778 g/mol. The number of rotatable bonds is 11. The van der Waals surface area contributed by atoms with Gasteiger partial charge in [0, 0.05) is 34.8 Å². The van der Waals surface area contributed by atoms with Crippen molar-refractivity contribution in [2.75, 3.05) is 10.6 Å². The second kappa shape index (κ2) is 15.8. The number of esters is 4. The molecule has 2 rings (SSSR count). The molecule has 0 spiro atoms. The van der Waals surface area contributed by atoms with Crippen molar-refractivity contribution >= 4 is 92.2 Å². The van der Waals surface area contributed by atoms with Crippen LogP contribution in [0.1, 0.15) is 38.8 Å². The molecule has 2 N–H and O–H groups in total. The summed E-state index contributed by atoms with van der Waals surface area (Å²) < 4.78 is 22.6. The summed E-state index contributed by atoms with van der Waals surface area (Å²) in [7, 11) is 0. The normalized spacial score (nSPS) is 13.4. The Labute approximate surface area is 269 Å². The summed E-state index contributed by atoms with van der Waals surface area (Å²) >= 11 is 3.97. The van der Waals surface area contributed by atoms with Crippen LogP contribution in [0.5, 0.6) is 0 Å². The number of anilines is 2. The van der Waals surface area contributed by atoms with Crippen molar-refractivity contribution in [2.45, 2.75) is 66.0 Å². The number of carbonyl (C=O) groups is 6. The van der Waals surface area contributed by atoms with Gasteiger partial charge in [0.15, 0.2) is 12.2 Å². The zero-order valence-corrected chi connectivity index (χ0v) is 27.9. The number of halogens is 2. The van der Waals surface area contributed by atoms with E-state index in [1.54, 1.807) is 38.1 Å². The van der Waals surface area contributed by atoms with Gasteiger partial charge in [0.25, 0.3) is 11.8 Å². The maximum absolute atomic E-state index is 13.6. The molecule has 42 heavy (non-hydrogen) atoms. The van der Waals surface area contributed by atoms with Gasteiger partial charge in [0.05, 0.1) is 11.4 Å². The van der Waals surface area contributed by atoms with Crippen LogP contribution in [-0.2, 0) is 47.7 Å². The monoisotopic (exact) mass is 808 g/mol. The van der Waals surface area contributed by atoms with Gasteiger partial charge in [-0.25, -0.2) is 0 Å². The van der Waals surface area contributed by atoms with Crippen LogP contribution in [0, 0.1) is 21.0 Å². The van der Waals surface area contributed by atoms with E-state index in [2.05, 4.69) is 10.6 Å². The SMILES string of the molecule is CC(=O)OC(C(=O)Nc1cc(C)ccc1I)C(OC(C)=O)C(OC(C)=O)C(OC(C)=O)C(=O)Nc1cc(C)ccc1I. The lowest BCUT2D eigenvalue weighted by Gasteiger charge is -2.34. The van der Waals surface area contributed by atoms with Crippen LogP contribution in [0.4, 0.5) is 11.4 Å². The first-order chi connectivity index (χ1) is 19.6. The predicted octanol–water partition coefficient (Wildman–Crippen LogP) is 3.82. The number of amides is 2. The molecule has 0 heterocycles. The van der Waals surface area contributed by atoms with Crippen LogP contribution < -0.4 is 10.6 Å². The maximum atomic E-state index is 13.6. The van der Waals surface area contributed by atoms with Gasteiger partial charge in [-0.15, -0.1) is 0 Å². The fraction of sp³-hybridized carbons (Fsp3) is 0.357. The molecule has 4 unspecified atom stereocenters. The van der Waals surface area contributed by atoms with E-state index in [-0.39, 0.29) is 0 Å². The second-order valence-electron chi connectivity index (χ2n) is 9.15. The summed E-state index contributed by atoms with van der Waals surface area (Å²) in [5.74, 6) is -5.77. The van der Waals surface area contributed by atoms with Gasteiger partial charge >= 0.3 is 23.9 Å². The van der Waals surface area contributed by atoms with Crippen molar-refractivity contribution in [3.8, 4) is 0 Å². The number of aryl methyl sites for hydroxylation is 2. The Kier molecular flexibility index (Phi) is 13.1. The molecule has 2 aromatic carbocycles. The fourth-order valence-electron chi connectivity index (χ4n) is 3.76. The molecule has 0 fully saturated rings. The molecule has 2 amide bonds. The first-order valence-electron chi connectivity index (χ1n) is 12.4. The molecule has 0 radical (unpaired) electrons. The van der Waals surface area contributed by atoms with Crippen LogP contribution in [0.25, 0.3) is 0 Å². The van der Waals surface area contributed by atoms with Crippen LogP contribution in [0.15, 0.2) is 36.4 Å². The molecule has 14 heteroatoms. The summed E-state index contributed by atoms with van der Waals surface area (Å²) in [4.78, 5) is 76.0. The van der Waals surface area contributed by atoms with Gasteiger partial charge in [-0.1, -0.05) is 12.1 Å². The Hall–Kier alpha value is -3.28. The Morgan fingerprint density at radius 3 is 1.17 bits per heavy atom. The molecule has 0 aliphatic heterocycles. The number of hydrogen-bond donors (Lipinski definition) is 2. The van der Waals surface area contributed by atoms with Crippen LogP contribution in [0.2, 0.25) is 0 Å². The fourth-order valence-corrected chi connectivity index (χ4v) is 4.70. The van der Waals surface area contributed by atoms with E-state index in [1.165, 1.54) is 0 Å². The largest absolute Gasteiger partial charge is 0.454 e. The standard InChI is InChI=1S/C28H30I2N2O10/c1-13-7-9-19(29)21(11-13)31-27(37)25(41-17(5)35)23(39-15(3)33)24(40-16(4)34)26(42-18(6)36)28(38)32-22-12-14(2)8-10-20(22)30/h7-12,23-26H,1-6H3,(H,31,37)(H,32,38).